The summed E-state index contributed by atoms with van der Waals surface area (Å²) in [5.41, 5.74) is 0.403. The van der Waals surface area contributed by atoms with Gasteiger partial charge in [-0.2, -0.15) is 13.2 Å². The summed E-state index contributed by atoms with van der Waals surface area (Å²) < 4.78 is 43.8. The van der Waals surface area contributed by atoms with E-state index in [0.29, 0.717) is 5.92 Å². The van der Waals surface area contributed by atoms with Crippen molar-refractivity contribution in [1.29, 1.82) is 0 Å². The Hall–Kier alpha value is -0.550. The molecule has 1 nitrogen and oxygen atoms in total. The van der Waals surface area contributed by atoms with E-state index in [0.717, 1.165) is 30.3 Å². The van der Waals surface area contributed by atoms with Crippen LogP contribution >= 0.6 is 15.9 Å². The zero-order valence-corrected chi connectivity index (χ0v) is 13.2. The van der Waals surface area contributed by atoms with Crippen molar-refractivity contribution < 1.29 is 17.9 Å². The molecule has 0 N–H and O–H groups in total. The molecule has 3 rings (SSSR count). The summed E-state index contributed by atoms with van der Waals surface area (Å²) in [6, 6.07) is 5.57. The van der Waals surface area contributed by atoms with Crippen molar-refractivity contribution in [3.63, 3.8) is 0 Å². The fourth-order valence-electron chi connectivity index (χ4n) is 3.34. The average molecular weight is 363 g/mol. The van der Waals surface area contributed by atoms with Crippen molar-refractivity contribution >= 4 is 15.9 Å². The molecule has 116 valence electrons. The third-order valence-corrected chi connectivity index (χ3v) is 5.77. The molecule has 2 atom stereocenters. The molecule has 1 aliphatic carbocycles. The van der Waals surface area contributed by atoms with E-state index in [-0.39, 0.29) is 11.5 Å². The van der Waals surface area contributed by atoms with E-state index >= 15 is 0 Å². The van der Waals surface area contributed by atoms with Crippen LogP contribution in [0.15, 0.2) is 24.3 Å². The predicted octanol–water partition coefficient (Wildman–Crippen LogP) is 4.83. The molecule has 0 spiro atoms. The molecule has 1 aliphatic heterocycles. The molecule has 0 radical (unpaired) electrons. The van der Waals surface area contributed by atoms with E-state index in [9.17, 15) is 13.2 Å². The van der Waals surface area contributed by atoms with Crippen molar-refractivity contribution in [2.75, 3.05) is 11.9 Å². The van der Waals surface area contributed by atoms with Gasteiger partial charge in [0.05, 0.1) is 11.7 Å². The Morgan fingerprint density at radius 2 is 1.86 bits per heavy atom. The van der Waals surface area contributed by atoms with Crippen LogP contribution in [0.4, 0.5) is 13.2 Å². The number of rotatable bonds is 4. The van der Waals surface area contributed by atoms with E-state index in [1.165, 1.54) is 25.0 Å². The molecule has 1 heterocycles. The molecule has 21 heavy (non-hydrogen) atoms. The zero-order chi connectivity index (χ0) is 15.1. The molecule has 1 aromatic carbocycles. The Morgan fingerprint density at radius 3 is 2.38 bits per heavy atom. The SMILES string of the molecule is FC(F)(F)c1ccc(CC2(CBr)CCOC2C2CC2)cc1. The topological polar surface area (TPSA) is 9.23 Å². The van der Waals surface area contributed by atoms with Crippen LogP contribution in [-0.2, 0) is 17.3 Å². The highest BCUT2D eigenvalue weighted by atomic mass is 79.9. The maximum atomic E-state index is 12.6. The van der Waals surface area contributed by atoms with Crippen molar-refractivity contribution in [1.82, 2.24) is 0 Å². The Kier molecular flexibility index (Phi) is 4.08. The number of hydrogen-bond acceptors (Lipinski definition) is 1. The smallest absolute Gasteiger partial charge is 0.377 e. The molecule has 5 heteroatoms. The minimum atomic E-state index is -4.27. The molecule has 1 aromatic rings. The van der Waals surface area contributed by atoms with Crippen molar-refractivity contribution in [3.05, 3.63) is 35.4 Å². The van der Waals surface area contributed by atoms with E-state index in [1.54, 1.807) is 12.1 Å². The van der Waals surface area contributed by atoms with Crippen molar-refractivity contribution in [3.8, 4) is 0 Å². The first-order valence-electron chi connectivity index (χ1n) is 7.28. The highest BCUT2D eigenvalue weighted by molar-refractivity contribution is 9.09. The van der Waals surface area contributed by atoms with E-state index in [2.05, 4.69) is 15.9 Å². The maximum absolute atomic E-state index is 12.6. The monoisotopic (exact) mass is 362 g/mol. The molecule has 2 fully saturated rings. The molecular weight excluding hydrogens is 345 g/mol. The van der Waals surface area contributed by atoms with Crippen LogP contribution in [0.1, 0.15) is 30.4 Å². The van der Waals surface area contributed by atoms with Gasteiger partial charge in [-0.25, -0.2) is 0 Å². The van der Waals surface area contributed by atoms with E-state index in [1.807, 2.05) is 0 Å². The third-order valence-electron chi connectivity index (χ3n) is 4.65. The second-order valence-electron chi connectivity index (χ2n) is 6.25. The molecule has 0 aromatic heterocycles. The number of ether oxygens (including phenoxy) is 1. The third kappa shape index (κ3) is 3.14. The van der Waals surface area contributed by atoms with Crippen molar-refractivity contribution in [2.45, 2.75) is 38.0 Å². The largest absolute Gasteiger partial charge is 0.416 e. The quantitative estimate of drug-likeness (QED) is 0.697. The lowest BCUT2D eigenvalue weighted by Gasteiger charge is -2.33. The lowest BCUT2D eigenvalue weighted by molar-refractivity contribution is -0.137. The van der Waals surface area contributed by atoms with Gasteiger partial charge in [0.25, 0.3) is 0 Å². The second-order valence-corrected chi connectivity index (χ2v) is 6.81. The van der Waals surface area contributed by atoms with Gasteiger partial charge in [0.2, 0.25) is 0 Å². The highest BCUT2D eigenvalue weighted by Crippen LogP contribution is 2.50. The first-order chi connectivity index (χ1) is 9.94. The fraction of sp³-hybridized carbons (Fsp3) is 0.625. The summed E-state index contributed by atoms with van der Waals surface area (Å²) >= 11 is 3.61. The van der Waals surface area contributed by atoms with Crippen LogP contribution in [0.2, 0.25) is 0 Å². The van der Waals surface area contributed by atoms with Crippen LogP contribution in [0.3, 0.4) is 0 Å². The van der Waals surface area contributed by atoms with Gasteiger partial charge in [0.1, 0.15) is 0 Å². The van der Waals surface area contributed by atoms with Crippen LogP contribution in [0, 0.1) is 11.3 Å². The number of alkyl halides is 4. The van der Waals surface area contributed by atoms with E-state index < -0.39 is 11.7 Å². The summed E-state index contributed by atoms with van der Waals surface area (Å²) in [6.07, 6.45) is 0.161. The average Bonchev–Trinajstić information content (AvgIpc) is 3.20. The first-order valence-corrected chi connectivity index (χ1v) is 8.40. The van der Waals surface area contributed by atoms with E-state index in [4.69, 9.17) is 4.74 Å². The van der Waals surface area contributed by atoms with Gasteiger partial charge < -0.3 is 4.74 Å². The first kappa shape index (κ1) is 15.3. The van der Waals surface area contributed by atoms with Crippen LogP contribution in [-0.4, -0.2) is 18.0 Å². The standard InChI is InChI=1S/C16H18BrF3O/c17-10-15(7-8-21-14(15)12-3-4-12)9-11-1-5-13(6-2-11)16(18,19)20/h1-2,5-6,12,14H,3-4,7-10H2. The van der Waals surface area contributed by atoms with Gasteiger partial charge in [0.15, 0.2) is 0 Å². The Morgan fingerprint density at radius 1 is 1.19 bits per heavy atom. The van der Waals surface area contributed by atoms with Gasteiger partial charge >= 0.3 is 6.18 Å². The molecule has 2 unspecified atom stereocenters. The number of benzene rings is 1. The lowest BCUT2D eigenvalue weighted by Crippen LogP contribution is -2.36. The number of halogens is 4. The summed E-state index contributed by atoms with van der Waals surface area (Å²) in [4.78, 5) is 0. The Balaban J connectivity index is 1.77. The van der Waals surface area contributed by atoms with Crippen LogP contribution < -0.4 is 0 Å². The fourth-order valence-corrected chi connectivity index (χ4v) is 4.14. The Labute approximate surface area is 131 Å². The minimum Gasteiger partial charge on any atom is -0.377 e. The normalized spacial score (nSPS) is 29.8. The zero-order valence-electron chi connectivity index (χ0n) is 11.6. The number of hydrogen-bond donors (Lipinski definition) is 0. The van der Waals surface area contributed by atoms with Gasteiger partial charge in [0, 0.05) is 17.4 Å². The highest BCUT2D eigenvalue weighted by Gasteiger charge is 2.50. The summed E-state index contributed by atoms with van der Waals surface area (Å²) in [5.74, 6) is 0.638. The molecular formula is C16H18BrF3O. The van der Waals surface area contributed by atoms with Gasteiger partial charge in [-0.1, -0.05) is 28.1 Å². The van der Waals surface area contributed by atoms with Gasteiger partial charge in [-0.15, -0.1) is 0 Å². The van der Waals surface area contributed by atoms with Gasteiger partial charge in [-0.3, -0.25) is 0 Å². The second kappa shape index (κ2) is 5.58. The van der Waals surface area contributed by atoms with Crippen LogP contribution in [0.25, 0.3) is 0 Å². The molecule has 0 bridgehead atoms. The summed E-state index contributed by atoms with van der Waals surface area (Å²) in [7, 11) is 0. The molecule has 1 saturated heterocycles. The molecule has 0 amide bonds. The molecule has 2 aliphatic rings. The van der Waals surface area contributed by atoms with Gasteiger partial charge in [-0.05, 0) is 49.3 Å². The maximum Gasteiger partial charge on any atom is 0.416 e. The Bertz CT molecular complexity index is 495. The summed E-state index contributed by atoms with van der Waals surface area (Å²) in [6.45, 7) is 0.757. The van der Waals surface area contributed by atoms with Crippen molar-refractivity contribution in [2.24, 2.45) is 11.3 Å². The lowest BCUT2D eigenvalue weighted by atomic mass is 9.76. The van der Waals surface area contributed by atoms with Crippen LogP contribution in [0.5, 0.6) is 0 Å². The predicted molar refractivity (Wildman–Crippen MR) is 78.5 cm³/mol. The minimum absolute atomic E-state index is 0.0287. The molecule has 1 saturated carbocycles. The summed E-state index contributed by atoms with van der Waals surface area (Å²) in [5, 5.41) is 0.836.